The molecule has 49 heavy (non-hydrogen) atoms. The number of nitrogens with zero attached hydrogens (tertiary/aromatic N) is 1. The molecule has 0 atom stereocenters. The molecule has 10 rings (SSSR count). The first kappa shape index (κ1) is 28.0. The Morgan fingerprint density at radius 2 is 1.14 bits per heavy atom. The lowest BCUT2D eigenvalue weighted by molar-refractivity contribution is 0.430. The quantitative estimate of drug-likeness (QED) is 0.190. The van der Waals surface area contributed by atoms with E-state index in [2.05, 4.69) is 22.8 Å². The SMILES string of the molecule is O=S1(=O)c2ccccc2C2(c3ccccc3Oc3ccccc32)c2ccc3c(c21)c1ccccc1n3-c1ccccc1Oc1ccccc1. The van der Waals surface area contributed by atoms with Crippen LogP contribution in [0.15, 0.2) is 174 Å². The third-order valence-electron chi connectivity index (χ3n) is 9.92. The van der Waals surface area contributed by atoms with Crippen LogP contribution in [0.1, 0.15) is 22.3 Å². The van der Waals surface area contributed by atoms with Gasteiger partial charge in [0.15, 0.2) is 5.75 Å². The van der Waals surface area contributed by atoms with E-state index in [1.807, 2.05) is 140 Å². The van der Waals surface area contributed by atoms with Gasteiger partial charge in [0, 0.05) is 21.9 Å². The van der Waals surface area contributed by atoms with Crippen LogP contribution >= 0.6 is 0 Å². The average Bonchev–Trinajstić information content (AvgIpc) is 3.48. The molecular weight excluding hydrogens is 627 g/mol. The topological polar surface area (TPSA) is 57.5 Å². The maximum absolute atomic E-state index is 15.2. The largest absolute Gasteiger partial charge is 0.457 e. The van der Waals surface area contributed by atoms with Crippen molar-refractivity contribution >= 4 is 31.6 Å². The molecule has 0 saturated carbocycles. The van der Waals surface area contributed by atoms with Crippen molar-refractivity contribution in [1.82, 2.24) is 4.57 Å². The van der Waals surface area contributed by atoms with Gasteiger partial charge in [-0.25, -0.2) is 8.42 Å². The summed E-state index contributed by atoms with van der Waals surface area (Å²) in [7, 11) is -4.01. The maximum Gasteiger partial charge on any atom is 0.207 e. The molecule has 0 aliphatic carbocycles. The van der Waals surface area contributed by atoms with Gasteiger partial charge in [-0.3, -0.25) is 0 Å². The molecular formula is C43H27NO4S. The predicted octanol–water partition coefficient (Wildman–Crippen LogP) is 10.2. The first-order valence-corrected chi connectivity index (χ1v) is 17.7. The fourth-order valence-electron chi connectivity index (χ4n) is 8.05. The van der Waals surface area contributed by atoms with E-state index in [0.717, 1.165) is 38.8 Å². The zero-order valence-corrected chi connectivity index (χ0v) is 26.9. The standard InChI is InChI=1S/C43H27NO4S/c45-49(46)40-25-13-7-19-32(40)43(30-17-5-10-22-37(30)48-38-23-11-6-18-31(38)43)33-26-27-36-41(42(33)49)29-16-4-8-20-34(29)44(36)35-21-9-12-24-39(35)47-28-14-2-1-3-15-28/h1-27H. The lowest BCUT2D eigenvalue weighted by Crippen LogP contribution is -2.39. The van der Waals surface area contributed by atoms with E-state index in [1.54, 1.807) is 6.07 Å². The van der Waals surface area contributed by atoms with Crippen LogP contribution in [0.2, 0.25) is 0 Å². The number of hydrogen-bond donors (Lipinski definition) is 0. The summed E-state index contributed by atoms with van der Waals surface area (Å²) < 4.78 is 45.5. The number of sulfone groups is 1. The van der Waals surface area contributed by atoms with E-state index in [9.17, 15) is 0 Å². The Balaban J connectivity index is 1.37. The lowest BCUT2D eigenvalue weighted by Gasteiger charge is -2.45. The third kappa shape index (κ3) is 3.72. The molecule has 7 aromatic carbocycles. The zero-order chi connectivity index (χ0) is 32.7. The van der Waals surface area contributed by atoms with Crippen molar-refractivity contribution in [3.05, 3.63) is 186 Å². The van der Waals surface area contributed by atoms with E-state index in [0.29, 0.717) is 43.7 Å². The van der Waals surface area contributed by atoms with Crippen molar-refractivity contribution in [3.63, 3.8) is 0 Å². The van der Waals surface area contributed by atoms with Crippen molar-refractivity contribution in [3.8, 4) is 28.7 Å². The molecule has 234 valence electrons. The van der Waals surface area contributed by atoms with E-state index in [1.165, 1.54) is 0 Å². The van der Waals surface area contributed by atoms with Crippen LogP contribution < -0.4 is 9.47 Å². The van der Waals surface area contributed by atoms with Gasteiger partial charge in [0.25, 0.3) is 0 Å². The Hall–Kier alpha value is -6.11. The van der Waals surface area contributed by atoms with Crippen LogP contribution in [0, 0.1) is 0 Å². The maximum atomic E-state index is 15.2. The van der Waals surface area contributed by atoms with Gasteiger partial charge in [0.2, 0.25) is 9.84 Å². The fourth-order valence-corrected chi connectivity index (χ4v) is 10.0. The van der Waals surface area contributed by atoms with Gasteiger partial charge in [-0.05, 0) is 65.7 Å². The van der Waals surface area contributed by atoms with Gasteiger partial charge in [0.05, 0.1) is 31.9 Å². The summed E-state index contributed by atoms with van der Waals surface area (Å²) in [4.78, 5) is 0.609. The molecule has 0 amide bonds. The highest BCUT2D eigenvalue weighted by Crippen LogP contribution is 2.61. The van der Waals surface area contributed by atoms with Crippen LogP contribution in [0.5, 0.6) is 23.0 Å². The first-order chi connectivity index (χ1) is 24.1. The molecule has 0 saturated heterocycles. The Labute approximate surface area is 283 Å². The van der Waals surface area contributed by atoms with Crippen molar-refractivity contribution in [2.75, 3.05) is 0 Å². The minimum atomic E-state index is -4.01. The van der Waals surface area contributed by atoms with Gasteiger partial charge in [-0.15, -0.1) is 0 Å². The summed E-state index contributed by atoms with van der Waals surface area (Å²) >= 11 is 0. The Kier molecular flexibility index (Phi) is 5.82. The summed E-state index contributed by atoms with van der Waals surface area (Å²) in [6, 6.07) is 53.1. The van der Waals surface area contributed by atoms with Crippen LogP contribution in [0.3, 0.4) is 0 Å². The molecule has 0 unspecified atom stereocenters. The Bertz CT molecular complexity index is 2700. The number of aromatic nitrogens is 1. The molecule has 2 aliphatic heterocycles. The Morgan fingerprint density at radius 3 is 1.92 bits per heavy atom. The molecule has 1 spiro atoms. The molecule has 8 aromatic rings. The van der Waals surface area contributed by atoms with Crippen molar-refractivity contribution < 1.29 is 17.9 Å². The first-order valence-electron chi connectivity index (χ1n) is 16.2. The van der Waals surface area contributed by atoms with Crippen LogP contribution in [-0.2, 0) is 15.3 Å². The molecule has 0 fully saturated rings. The molecule has 3 heterocycles. The summed E-state index contributed by atoms with van der Waals surface area (Å²) in [5, 5.41) is 1.52. The highest BCUT2D eigenvalue weighted by Gasteiger charge is 2.53. The highest BCUT2D eigenvalue weighted by atomic mass is 32.2. The molecule has 0 N–H and O–H groups in total. The molecule has 1 aromatic heterocycles. The van der Waals surface area contributed by atoms with Crippen LogP contribution in [-0.4, -0.2) is 13.0 Å². The zero-order valence-electron chi connectivity index (χ0n) is 26.1. The van der Waals surface area contributed by atoms with Gasteiger partial charge in [-0.2, -0.15) is 0 Å². The summed E-state index contributed by atoms with van der Waals surface area (Å²) in [6.45, 7) is 0. The summed E-state index contributed by atoms with van der Waals surface area (Å²) in [6.07, 6.45) is 0. The van der Waals surface area contributed by atoms with Crippen LogP contribution in [0.25, 0.3) is 27.5 Å². The highest BCUT2D eigenvalue weighted by molar-refractivity contribution is 7.92. The number of ether oxygens (including phenoxy) is 2. The second-order valence-electron chi connectivity index (χ2n) is 12.4. The number of fused-ring (bicyclic) bond motifs is 12. The number of rotatable bonds is 3. The van der Waals surface area contributed by atoms with Gasteiger partial charge >= 0.3 is 0 Å². The normalized spacial score (nSPS) is 14.8. The van der Waals surface area contributed by atoms with Crippen molar-refractivity contribution in [2.24, 2.45) is 0 Å². The molecule has 0 bridgehead atoms. The van der Waals surface area contributed by atoms with Crippen LogP contribution in [0.4, 0.5) is 0 Å². The molecule has 5 nitrogen and oxygen atoms in total. The van der Waals surface area contributed by atoms with E-state index >= 15 is 8.42 Å². The second kappa shape index (κ2) is 10.2. The lowest BCUT2D eigenvalue weighted by atomic mass is 9.63. The summed E-state index contributed by atoms with van der Waals surface area (Å²) in [5.74, 6) is 2.78. The minimum Gasteiger partial charge on any atom is -0.457 e. The summed E-state index contributed by atoms with van der Waals surface area (Å²) in [5.41, 5.74) is 4.75. The Morgan fingerprint density at radius 1 is 0.531 bits per heavy atom. The van der Waals surface area contributed by atoms with Gasteiger partial charge in [-0.1, -0.05) is 109 Å². The van der Waals surface area contributed by atoms with E-state index in [4.69, 9.17) is 9.47 Å². The van der Waals surface area contributed by atoms with Crippen molar-refractivity contribution in [1.29, 1.82) is 0 Å². The van der Waals surface area contributed by atoms with E-state index < -0.39 is 15.3 Å². The average molecular weight is 654 g/mol. The predicted molar refractivity (Wildman–Crippen MR) is 191 cm³/mol. The molecule has 6 heteroatoms. The second-order valence-corrected chi connectivity index (χ2v) is 14.3. The van der Waals surface area contributed by atoms with E-state index in [-0.39, 0.29) is 0 Å². The minimum absolute atomic E-state index is 0.297. The fraction of sp³-hybridized carbons (Fsp3) is 0.0233. The molecule has 2 aliphatic rings. The van der Waals surface area contributed by atoms with Crippen molar-refractivity contribution in [2.45, 2.75) is 15.2 Å². The number of hydrogen-bond acceptors (Lipinski definition) is 4. The number of benzene rings is 7. The number of para-hydroxylation sites is 6. The third-order valence-corrected chi connectivity index (χ3v) is 11.8. The smallest absolute Gasteiger partial charge is 0.207 e. The van der Waals surface area contributed by atoms with Gasteiger partial charge < -0.3 is 14.0 Å². The van der Waals surface area contributed by atoms with Gasteiger partial charge in [0.1, 0.15) is 17.2 Å². The molecule has 0 radical (unpaired) electrons. The monoisotopic (exact) mass is 653 g/mol.